The van der Waals surface area contributed by atoms with E-state index >= 15 is 0 Å². The monoisotopic (exact) mass is 268 g/mol. The Bertz CT molecular complexity index is 760. The quantitative estimate of drug-likeness (QED) is 0.426. The summed E-state index contributed by atoms with van der Waals surface area (Å²) in [7, 11) is 0. The molecule has 0 unspecified atom stereocenters. The van der Waals surface area contributed by atoms with Crippen molar-refractivity contribution >= 4 is 22.5 Å². The lowest BCUT2D eigenvalue weighted by atomic mass is 10.2. The standard InChI is InChI=1S/C15H12N2O3/c18-13-6-5-10(8-14(13)19)16-15(20)12-7-9-3-1-2-4-11(9)17-12/h1-8,17-19H,(H,16,20). The van der Waals surface area contributed by atoms with Gasteiger partial charge in [0, 0.05) is 22.7 Å². The molecule has 2 aromatic carbocycles. The van der Waals surface area contributed by atoms with Crippen LogP contribution < -0.4 is 5.32 Å². The number of nitrogens with one attached hydrogen (secondary N) is 2. The van der Waals surface area contributed by atoms with E-state index in [2.05, 4.69) is 10.3 Å². The fraction of sp³-hybridized carbons (Fsp3) is 0. The van der Waals surface area contributed by atoms with Crippen LogP contribution in [-0.4, -0.2) is 21.1 Å². The largest absolute Gasteiger partial charge is 0.504 e. The summed E-state index contributed by atoms with van der Waals surface area (Å²) in [4.78, 5) is 15.1. The first-order valence-corrected chi connectivity index (χ1v) is 6.04. The highest BCUT2D eigenvalue weighted by molar-refractivity contribution is 6.06. The second kappa shape index (κ2) is 4.62. The van der Waals surface area contributed by atoms with E-state index in [0.717, 1.165) is 10.9 Å². The Labute approximate surface area is 114 Å². The number of benzene rings is 2. The third-order valence-electron chi connectivity index (χ3n) is 3.01. The minimum absolute atomic E-state index is 0.228. The molecule has 5 nitrogen and oxygen atoms in total. The normalized spacial score (nSPS) is 10.6. The molecule has 4 N–H and O–H groups in total. The zero-order valence-corrected chi connectivity index (χ0v) is 10.4. The average Bonchev–Trinajstić information content (AvgIpc) is 2.87. The first-order chi connectivity index (χ1) is 9.63. The van der Waals surface area contributed by atoms with E-state index in [4.69, 9.17) is 0 Å². The van der Waals surface area contributed by atoms with Gasteiger partial charge in [0.2, 0.25) is 0 Å². The number of aromatic hydroxyl groups is 2. The highest BCUT2D eigenvalue weighted by Gasteiger charge is 2.10. The van der Waals surface area contributed by atoms with Crippen molar-refractivity contribution < 1.29 is 15.0 Å². The summed E-state index contributed by atoms with van der Waals surface area (Å²) >= 11 is 0. The predicted molar refractivity (Wildman–Crippen MR) is 76.0 cm³/mol. The molecule has 3 rings (SSSR count). The van der Waals surface area contributed by atoms with Crippen LogP contribution in [0.4, 0.5) is 5.69 Å². The lowest BCUT2D eigenvalue weighted by Gasteiger charge is -2.05. The van der Waals surface area contributed by atoms with Gasteiger partial charge in [0.1, 0.15) is 5.69 Å². The third kappa shape index (κ3) is 2.16. The van der Waals surface area contributed by atoms with E-state index in [-0.39, 0.29) is 17.4 Å². The molecular formula is C15H12N2O3. The number of aromatic amines is 1. The molecule has 0 radical (unpaired) electrons. The van der Waals surface area contributed by atoms with Crippen molar-refractivity contribution in [1.29, 1.82) is 0 Å². The molecule has 0 atom stereocenters. The Morgan fingerprint density at radius 1 is 1.00 bits per heavy atom. The molecule has 0 saturated carbocycles. The molecule has 20 heavy (non-hydrogen) atoms. The van der Waals surface area contributed by atoms with E-state index < -0.39 is 0 Å². The number of rotatable bonds is 2. The van der Waals surface area contributed by atoms with E-state index in [0.29, 0.717) is 11.4 Å². The molecule has 1 heterocycles. The molecule has 0 aliphatic heterocycles. The van der Waals surface area contributed by atoms with Crippen molar-refractivity contribution in [2.75, 3.05) is 5.32 Å². The number of hydrogen-bond donors (Lipinski definition) is 4. The summed E-state index contributed by atoms with van der Waals surface area (Å²) in [5.74, 6) is -0.820. The molecule has 5 heteroatoms. The Balaban J connectivity index is 1.86. The van der Waals surface area contributed by atoms with Crippen LogP contribution in [0.25, 0.3) is 10.9 Å². The maximum absolute atomic E-state index is 12.1. The highest BCUT2D eigenvalue weighted by Crippen LogP contribution is 2.27. The molecule has 100 valence electrons. The number of carbonyl (C=O) groups excluding carboxylic acids is 1. The number of H-pyrrole nitrogens is 1. The van der Waals surface area contributed by atoms with Gasteiger partial charge in [-0.25, -0.2) is 0 Å². The first kappa shape index (κ1) is 12.1. The van der Waals surface area contributed by atoms with Crippen molar-refractivity contribution in [3.63, 3.8) is 0 Å². The average molecular weight is 268 g/mol. The van der Waals surface area contributed by atoms with Crippen molar-refractivity contribution in [3.05, 3.63) is 54.2 Å². The predicted octanol–water partition coefficient (Wildman–Crippen LogP) is 2.83. The number of fused-ring (bicyclic) bond motifs is 1. The maximum Gasteiger partial charge on any atom is 0.272 e. The second-order valence-electron chi connectivity index (χ2n) is 4.43. The topological polar surface area (TPSA) is 85.3 Å². The van der Waals surface area contributed by atoms with Crippen molar-refractivity contribution in [2.24, 2.45) is 0 Å². The van der Waals surface area contributed by atoms with Crippen LogP contribution in [0.3, 0.4) is 0 Å². The fourth-order valence-corrected chi connectivity index (χ4v) is 2.00. The van der Waals surface area contributed by atoms with Gasteiger partial charge < -0.3 is 20.5 Å². The summed E-state index contributed by atoms with van der Waals surface area (Å²) in [6.45, 7) is 0. The van der Waals surface area contributed by atoms with Gasteiger partial charge >= 0.3 is 0 Å². The van der Waals surface area contributed by atoms with Crippen molar-refractivity contribution in [1.82, 2.24) is 4.98 Å². The van der Waals surface area contributed by atoms with Gasteiger partial charge in [-0.15, -0.1) is 0 Å². The lowest BCUT2D eigenvalue weighted by Crippen LogP contribution is -2.11. The molecule has 0 aliphatic carbocycles. The van der Waals surface area contributed by atoms with Crippen LogP contribution >= 0.6 is 0 Å². The number of aromatic nitrogens is 1. The number of phenols is 2. The fourth-order valence-electron chi connectivity index (χ4n) is 2.00. The molecule has 0 spiro atoms. The molecule has 0 bridgehead atoms. The Morgan fingerprint density at radius 3 is 2.55 bits per heavy atom. The summed E-state index contributed by atoms with van der Waals surface area (Å²) in [6.07, 6.45) is 0. The van der Waals surface area contributed by atoms with Gasteiger partial charge in [0.25, 0.3) is 5.91 Å². The van der Waals surface area contributed by atoms with Gasteiger partial charge in [-0.3, -0.25) is 4.79 Å². The van der Waals surface area contributed by atoms with Crippen LogP contribution in [0.1, 0.15) is 10.5 Å². The van der Waals surface area contributed by atoms with Crippen LogP contribution in [0.2, 0.25) is 0 Å². The molecule has 0 fully saturated rings. The van der Waals surface area contributed by atoms with Crippen LogP contribution in [-0.2, 0) is 0 Å². The van der Waals surface area contributed by atoms with E-state index in [1.807, 2.05) is 24.3 Å². The van der Waals surface area contributed by atoms with Crippen LogP contribution in [0.15, 0.2) is 48.5 Å². The minimum atomic E-state index is -0.314. The summed E-state index contributed by atoms with van der Waals surface area (Å²) in [6, 6.07) is 13.5. The van der Waals surface area contributed by atoms with Crippen LogP contribution in [0, 0.1) is 0 Å². The molecule has 1 aromatic heterocycles. The van der Waals surface area contributed by atoms with Crippen LogP contribution in [0.5, 0.6) is 11.5 Å². The summed E-state index contributed by atoms with van der Waals surface area (Å²) < 4.78 is 0. The van der Waals surface area contributed by atoms with Gasteiger partial charge in [0.15, 0.2) is 11.5 Å². The molecule has 0 saturated heterocycles. The number of carbonyl (C=O) groups is 1. The first-order valence-electron chi connectivity index (χ1n) is 6.04. The molecular weight excluding hydrogens is 256 g/mol. The number of phenolic OH excluding ortho intramolecular Hbond substituents is 2. The van der Waals surface area contributed by atoms with Gasteiger partial charge in [-0.1, -0.05) is 18.2 Å². The summed E-state index contributed by atoms with van der Waals surface area (Å²) in [5, 5.41) is 22.2. The molecule has 3 aromatic rings. The Morgan fingerprint density at radius 2 is 1.80 bits per heavy atom. The van der Waals surface area contributed by atoms with E-state index in [1.165, 1.54) is 18.2 Å². The Hall–Kier alpha value is -2.95. The molecule has 1 amide bonds. The minimum Gasteiger partial charge on any atom is -0.504 e. The highest BCUT2D eigenvalue weighted by atomic mass is 16.3. The Kier molecular flexibility index (Phi) is 2.80. The van der Waals surface area contributed by atoms with Crippen molar-refractivity contribution in [3.8, 4) is 11.5 Å². The zero-order chi connectivity index (χ0) is 14.1. The number of anilines is 1. The maximum atomic E-state index is 12.1. The SMILES string of the molecule is O=C(Nc1ccc(O)c(O)c1)c1cc2ccccc2[nH]1. The van der Waals surface area contributed by atoms with Crippen molar-refractivity contribution in [2.45, 2.75) is 0 Å². The second-order valence-corrected chi connectivity index (χ2v) is 4.43. The lowest BCUT2D eigenvalue weighted by molar-refractivity contribution is 0.102. The smallest absolute Gasteiger partial charge is 0.272 e. The van der Waals surface area contributed by atoms with Gasteiger partial charge in [-0.2, -0.15) is 0 Å². The third-order valence-corrected chi connectivity index (χ3v) is 3.01. The number of para-hydroxylation sites is 1. The molecule has 0 aliphatic rings. The number of hydrogen-bond acceptors (Lipinski definition) is 3. The number of amides is 1. The van der Waals surface area contributed by atoms with E-state index in [9.17, 15) is 15.0 Å². The van der Waals surface area contributed by atoms with Gasteiger partial charge in [0.05, 0.1) is 0 Å². The van der Waals surface area contributed by atoms with Gasteiger partial charge in [-0.05, 0) is 24.3 Å². The van der Waals surface area contributed by atoms with E-state index in [1.54, 1.807) is 6.07 Å². The summed E-state index contributed by atoms with van der Waals surface area (Å²) in [5.41, 5.74) is 1.72. The zero-order valence-electron chi connectivity index (χ0n) is 10.4.